The molecule has 0 spiro atoms. The average Bonchev–Trinajstić information content (AvgIpc) is 2.27. The Bertz CT molecular complexity index is 356. The van der Waals surface area contributed by atoms with Gasteiger partial charge in [-0.2, -0.15) is 5.10 Å². The number of carboxylic acid groups (broad SMARTS) is 1. The normalized spacial score (nSPS) is 12.1. The molecule has 0 bridgehead atoms. The van der Waals surface area contributed by atoms with Gasteiger partial charge < -0.3 is 14.6 Å². The van der Waals surface area contributed by atoms with E-state index in [2.05, 4.69) is 10.2 Å². The van der Waals surface area contributed by atoms with Crippen molar-refractivity contribution in [1.82, 2.24) is 10.2 Å². The quantitative estimate of drug-likeness (QED) is 0.778. The number of hydrogen-bond acceptors (Lipinski definition) is 5. The van der Waals surface area contributed by atoms with Crippen LogP contribution >= 0.6 is 0 Å². The minimum absolute atomic E-state index is 0.00153. The maximum absolute atomic E-state index is 10.8. The largest absolute Gasteiger partial charge is 0.477 e. The third-order valence-electron chi connectivity index (χ3n) is 1.79. The molecule has 16 heavy (non-hydrogen) atoms. The molecule has 6 nitrogen and oxygen atoms in total. The zero-order valence-electron chi connectivity index (χ0n) is 9.21. The fourth-order valence-electron chi connectivity index (χ4n) is 1.08. The highest BCUT2D eigenvalue weighted by Gasteiger charge is 2.15. The highest BCUT2D eigenvalue weighted by Crippen LogP contribution is 2.14. The minimum Gasteiger partial charge on any atom is -0.477 e. The molecule has 1 N–H and O–H groups in total. The number of rotatable bonds is 6. The highest BCUT2D eigenvalue weighted by molar-refractivity contribution is 5.89. The van der Waals surface area contributed by atoms with Gasteiger partial charge in [-0.1, -0.05) is 0 Å². The summed E-state index contributed by atoms with van der Waals surface area (Å²) in [5, 5.41) is 16.1. The zero-order chi connectivity index (χ0) is 12.0. The Morgan fingerprint density at radius 3 is 3.00 bits per heavy atom. The minimum atomic E-state index is -1.09. The van der Waals surface area contributed by atoms with Crippen molar-refractivity contribution < 1.29 is 19.4 Å². The fourth-order valence-corrected chi connectivity index (χ4v) is 1.08. The molecule has 0 aliphatic rings. The van der Waals surface area contributed by atoms with E-state index < -0.39 is 5.97 Å². The van der Waals surface area contributed by atoms with Crippen LogP contribution in [0.5, 0.6) is 5.88 Å². The molecule has 0 radical (unpaired) electrons. The van der Waals surface area contributed by atoms with Crippen LogP contribution < -0.4 is 4.74 Å². The molecule has 1 rings (SSSR count). The van der Waals surface area contributed by atoms with Gasteiger partial charge >= 0.3 is 5.97 Å². The first-order chi connectivity index (χ1) is 7.65. The monoisotopic (exact) mass is 226 g/mol. The Morgan fingerprint density at radius 1 is 1.62 bits per heavy atom. The Labute approximate surface area is 93.2 Å². The van der Waals surface area contributed by atoms with Crippen molar-refractivity contribution in [3.63, 3.8) is 0 Å². The second kappa shape index (κ2) is 6.02. The van der Waals surface area contributed by atoms with Crippen LogP contribution in [-0.2, 0) is 4.74 Å². The van der Waals surface area contributed by atoms with E-state index in [1.165, 1.54) is 12.3 Å². The van der Waals surface area contributed by atoms with Gasteiger partial charge in [0.05, 0.1) is 12.8 Å². The van der Waals surface area contributed by atoms with E-state index in [-0.39, 0.29) is 17.5 Å². The lowest BCUT2D eigenvalue weighted by atomic mass is 10.3. The predicted molar refractivity (Wildman–Crippen MR) is 55.6 cm³/mol. The van der Waals surface area contributed by atoms with E-state index >= 15 is 0 Å². The molecular formula is C10H14N2O4. The first kappa shape index (κ1) is 12.4. The van der Waals surface area contributed by atoms with Gasteiger partial charge in [-0.3, -0.25) is 0 Å². The number of nitrogens with zero attached hydrogens (tertiary/aromatic N) is 2. The van der Waals surface area contributed by atoms with E-state index in [0.29, 0.717) is 13.2 Å². The van der Waals surface area contributed by atoms with Crippen molar-refractivity contribution in [1.29, 1.82) is 0 Å². The lowest BCUT2D eigenvalue weighted by molar-refractivity contribution is 0.0582. The molecule has 0 saturated carbocycles. The Morgan fingerprint density at radius 2 is 2.38 bits per heavy atom. The second-order valence-corrected chi connectivity index (χ2v) is 3.14. The first-order valence-corrected chi connectivity index (χ1v) is 4.94. The summed E-state index contributed by atoms with van der Waals surface area (Å²) in [6.45, 7) is 4.61. The van der Waals surface area contributed by atoms with Gasteiger partial charge in [0.2, 0.25) is 5.88 Å². The van der Waals surface area contributed by atoms with Crippen molar-refractivity contribution in [2.24, 2.45) is 0 Å². The van der Waals surface area contributed by atoms with Gasteiger partial charge in [-0.15, -0.1) is 5.10 Å². The van der Waals surface area contributed by atoms with Crippen LogP contribution in [0.15, 0.2) is 12.3 Å². The zero-order valence-corrected chi connectivity index (χ0v) is 9.21. The third kappa shape index (κ3) is 3.47. The molecule has 1 aromatic heterocycles. The van der Waals surface area contributed by atoms with Crippen LogP contribution in [0.2, 0.25) is 0 Å². The lowest BCUT2D eigenvalue weighted by Crippen LogP contribution is -2.21. The summed E-state index contributed by atoms with van der Waals surface area (Å²) in [6.07, 6.45) is 1.04. The molecule has 1 atom stereocenters. The lowest BCUT2D eigenvalue weighted by Gasteiger charge is -2.14. The molecule has 1 heterocycles. The predicted octanol–water partition coefficient (Wildman–Crippen LogP) is 0.979. The summed E-state index contributed by atoms with van der Waals surface area (Å²) in [6, 6.07) is 1.35. The maximum atomic E-state index is 10.8. The van der Waals surface area contributed by atoms with E-state index in [9.17, 15) is 4.79 Å². The molecule has 0 fully saturated rings. The van der Waals surface area contributed by atoms with Crippen molar-refractivity contribution in [3.8, 4) is 5.88 Å². The average molecular weight is 226 g/mol. The molecule has 1 aromatic rings. The summed E-state index contributed by atoms with van der Waals surface area (Å²) >= 11 is 0. The Kier molecular flexibility index (Phi) is 4.65. The second-order valence-electron chi connectivity index (χ2n) is 3.14. The van der Waals surface area contributed by atoms with Crippen molar-refractivity contribution in [2.75, 3.05) is 13.2 Å². The fraction of sp³-hybridized carbons (Fsp3) is 0.500. The van der Waals surface area contributed by atoms with Gasteiger partial charge in [0.1, 0.15) is 11.7 Å². The standard InChI is InChI=1S/C10H14N2O4/c1-3-15-6-7(2)16-9-8(10(13)14)4-5-11-12-9/h4-5,7H,3,6H2,1-2H3,(H,13,14). The molecule has 1 unspecified atom stereocenters. The van der Waals surface area contributed by atoms with E-state index in [1.54, 1.807) is 6.92 Å². The molecule has 0 saturated heterocycles. The van der Waals surface area contributed by atoms with Crippen LogP contribution in [0.3, 0.4) is 0 Å². The van der Waals surface area contributed by atoms with Gasteiger partial charge in [0, 0.05) is 6.61 Å². The summed E-state index contributed by atoms with van der Waals surface area (Å²) < 4.78 is 10.5. The maximum Gasteiger partial charge on any atom is 0.341 e. The third-order valence-corrected chi connectivity index (χ3v) is 1.79. The number of aromatic carboxylic acids is 1. The van der Waals surface area contributed by atoms with E-state index in [1.807, 2.05) is 6.92 Å². The van der Waals surface area contributed by atoms with E-state index in [4.69, 9.17) is 14.6 Å². The van der Waals surface area contributed by atoms with E-state index in [0.717, 1.165) is 0 Å². The SMILES string of the molecule is CCOCC(C)Oc1nnccc1C(=O)O. The van der Waals surface area contributed by atoms with Gasteiger partial charge in [-0.25, -0.2) is 4.79 Å². The van der Waals surface area contributed by atoms with Crippen molar-refractivity contribution in [2.45, 2.75) is 20.0 Å². The van der Waals surface area contributed by atoms with Crippen LogP contribution in [0.25, 0.3) is 0 Å². The van der Waals surface area contributed by atoms with Gasteiger partial charge in [-0.05, 0) is 19.9 Å². The summed E-state index contributed by atoms with van der Waals surface area (Å²) in [5.41, 5.74) is -0.00153. The molecule has 0 amide bonds. The molecule has 0 aliphatic carbocycles. The molecule has 88 valence electrons. The van der Waals surface area contributed by atoms with Gasteiger partial charge in [0.25, 0.3) is 0 Å². The number of aromatic nitrogens is 2. The van der Waals surface area contributed by atoms with Crippen molar-refractivity contribution >= 4 is 5.97 Å². The summed E-state index contributed by atoms with van der Waals surface area (Å²) in [7, 11) is 0. The molecule has 0 aliphatic heterocycles. The number of hydrogen-bond donors (Lipinski definition) is 1. The van der Waals surface area contributed by atoms with Crippen LogP contribution in [-0.4, -0.2) is 40.6 Å². The topological polar surface area (TPSA) is 81.5 Å². The highest BCUT2D eigenvalue weighted by atomic mass is 16.5. The molecular weight excluding hydrogens is 212 g/mol. The van der Waals surface area contributed by atoms with Crippen LogP contribution in [0, 0.1) is 0 Å². The number of ether oxygens (including phenoxy) is 2. The van der Waals surface area contributed by atoms with Crippen LogP contribution in [0.1, 0.15) is 24.2 Å². The van der Waals surface area contributed by atoms with Gasteiger partial charge in [0.15, 0.2) is 0 Å². The molecule has 0 aromatic carbocycles. The first-order valence-electron chi connectivity index (χ1n) is 4.94. The summed E-state index contributed by atoms with van der Waals surface area (Å²) in [4.78, 5) is 10.8. The summed E-state index contributed by atoms with van der Waals surface area (Å²) in [5.74, 6) is -1.07. The Balaban J connectivity index is 2.69. The smallest absolute Gasteiger partial charge is 0.341 e. The number of carboxylic acids is 1. The molecule has 6 heteroatoms. The van der Waals surface area contributed by atoms with Crippen LogP contribution in [0.4, 0.5) is 0 Å². The van der Waals surface area contributed by atoms with Crippen molar-refractivity contribution in [3.05, 3.63) is 17.8 Å². The number of carbonyl (C=O) groups is 1. The Hall–Kier alpha value is -1.69.